The Labute approximate surface area is 188 Å². The SMILES string of the molecule is N#Cc1ccc(C(=O)N2CCC[C@H](COc3ccc(C(=O)N4CCOCC4)cc3)C2)cc1. The minimum Gasteiger partial charge on any atom is -0.493 e. The molecule has 0 saturated carbocycles. The predicted molar refractivity (Wildman–Crippen MR) is 118 cm³/mol. The highest BCUT2D eigenvalue weighted by molar-refractivity contribution is 5.95. The standard InChI is InChI=1S/C25H27N3O4/c26-16-19-3-5-21(6-4-19)25(30)28-11-1-2-20(17-28)18-32-23-9-7-22(8-10-23)24(29)27-12-14-31-15-13-27/h3-10,20H,1-2,11-15,17-18H2/t20-/m0/s1. The number of ether oxygens (including phenoxy) is 2. The molecule has 0 unspecified atom stereocenters. The van der Waals surface area contributed by atoms with Crippen LogP contribution in [0.15, 0.2) is 48.5 Å². The summed E-state index contributed by atoms with van der Waals surface area (Å²) in [6.45, 7) is 4.30. The van der Waals surface area contributed by atoms with Crippen molar-refractivity contribution in [2.24, 2.45) is 5.92 Å². The van der Waals surface area contributed by atoms with Crippen LogP contribution < -0.4 is 4.74 Å². The number of likely N-dealkylation sites (tertiary alicyclic amines) is 1. The Bertz CT molecular complexity index is 976. The summed E-state index contributed by atoms with van der Waals surface area (Å²) in [5, 5.41) is 8.92. The van der Waals surface area contributed by atoms with Crippen LogP contribution in [0.5, 0.6) is 5.75 Å². The number of nitrogens with zero attached hydrogens (tertiary/aromatic N) is 3. The zero-order valence-corrected chi connectivity index (χ0v) is 18.0. The summed E-state index contributed by atoms with van der Waals surface area (Å²) in [5.41, 5.74) is 1.80. The van der Waals surface area contributed by atoms with Crippen molar-refractivity contribution in [3.8, 4) is 11.8 Å². The molecule has 7 heteroatoms. The second kappa shape index (κ2) is 10.3. The number of morpholine rings is 1. The van der Waals surface area contributed by atoms with E-state index in [2.05, 4.69) is 6.07 Å². The predicted octanol–water partition coefficient (Wildman–Crippen LogP) is 2.96. The van der Waals surface area contributed by atoms with Crippen LogP contribution in [0.4, 0.5) is 0 Å². The van der Waals surface area contributed by atoms with Gasteiger partial charge >= 0.3 is 0 Å². The van der Waals surface area contributed by atoms with Gasteiger partial charge in [-0.15, -0.1) is 0 Å². The molecule has 0 bridgehead atoms. The minimum atomic E-state index is -0.00910. The Morgan fingerprint density at radius 1 is 0.938 bits per heavy atom. The van der Waals surface area contributed by atoms with Crippen LogP contribution in [0.2, 0.25) is 0 Å². The first-order chi connectivity index (χ1) is 15.6. The lowest BCUT2D eigenvalue weighted by molar-refractivity contribution is 0.0303. The molecule has 0 spiro atoms. The van der Waals surface area contributed by atoms with Gasteiger partial charge in [0, 0.05) is 43.2 Å². The van der Waals surface area contributed by atoms with Crippen LogP contribution in [0.3, 0.4) is 0 Å². The maximum atomic E-state index is 12.8. The zero-order valence-electron chi connectivity index (χ0n) is 18.0. The van der Waals surface area contributed by atoms with E-state index in [1.54, 1.807) is 41.3 Å². The van der Waals surface area contributed by atoms with Crippen molar-refractivity contribution in [2.45, 2.75) is 12.8 Å². The van der Waals surface area contributed by atoms with E-state index >= 15 is 0 Å². The molecule has 2 aliphatic rings. The van der Waals surface area contributed by atoms with Crippen LogP contribution in [-0.2, 0) is 4.74 Å². The molecular formula is C25H27N3O4. The second-order valence-electron chi connectivity index (χ2n) is 8.19. The summed E-state index contributed by atoms with van der Waals surface area (Å²) in [4.78, 5) is 29.0. The van der Waals surface area contributed by atoms with E-state index in [4.69, 9.17) is 14.7 Å². The van der Waals surface area contributed by atoms with Gasteiger partial charge in [0.2, 0.25) is 0 Å². The molecule has 2 fully saturated rings. The Balaban J connectivity index is 1.29. The molecule has 4 rings (SSSR count). The highest BCUT2D eigenvalue weighted by atomic mass is 16.5. The number of rotatable bonds is 5. The lowest BCUT2D eigenvalue weighted by atomic mass is 9.98. The summed E-state index contributed by atoms with van der Waals surface area (Å²) < 4.78 is 11.3. The number of piperidine rings is 1. The third-order valence-corrected chi connectivity index (χ3v) is 5.95. The van der Waals surface area contributed by atoms with Crippen LogP contribution in [0.25, 0.3) is 0 Å². The highest BCUT2D eigenvalue weighted by Crippen LogP contribution is 2.21. The molecule has 2 saturated heterocycles. The molecule has 0 radical (unpaired) electrons. The maximum Gasteiger partial charge on any atom is 0.254 e. The third kappa shape index (κ3) is 5.27. The summed E-state index contributed by atoms with van der Waals surface area (Å²) in [5.74, 6) is 0.981. The Morgan fingerprint density at radius 3 is 2.22 bits per heavy atom. The lowest BCUT2D eigenvalue weighted by Gasteiger charge is -2.32. The molecule has 2 amide bonds. The van der Waals surface area contributed by atoms with E-state index in [-0.39, 0.29) is 17.7 Å². The summed E-state index contributed by atoms with van der Waals surface area (Å²) in [6.07, 6.45) is 1.94. The lowest BCUT2D eigenvalue weighted by Crippen LogP contribution is -2.41. The van der Waals surface area contributed by atoms with Gasteiger partial charge < -0.3 is 19.3 Å². The molecule has 7 nitrogen and oxygen atoms in total. The van der Waals surface area contributed by atoms with Crippen LogP contribution in [-0.4, -0.2) is 67.6 Å². The van der Waals surface area contributed by atoms with E-state index in [9.17, 15) is 9.59 Å². The fraction of sp³-hybridized carbons (Fsp3) is 0.400. The topological polar surface area (TPSA) is 82.9 Å². The van der Waals surface area contributed by atoms with Crippen molar-refractivity contribution in [1.82, 2.24) is 9.80 Å². The van der Waals surface area contributed by atoms with Gasteiger partial charge in [-0.3, -0.25) is 9.59 Å². The molecule has 0 aliphatic carbocycles. The summed E-state index contributed by atoms with van der Waals surface area (Å²) in [7, 11) is 0. The van der Waals surface area contributed by atoms with E-state index in [1.165, 1.54) is 0 Å². The van der Waals surface area contributed by atoms with Gasteiger partial charge in [-0.25, -0.2) is 0 Å². The van der Waals surface area contributed by atoms with Crippen molar-refractivity contribution >= 4 is 11.8 Å². The average molecular weight is 434 g/mol. The van der Waals surface area contributed by atoms with Crippen LogP contribution in [0, 0.1) is 17.2 Å². The number of carbonyl (C=O) groups is 2. The summed E-state index contributed by atoms with van der Waals surface area (Å²) >= 11 is 0. The normalized spacial score (nSPS) is 18.7. The smallest absolute Gasteiger partial charge is 0.254 e. The molecule has 2 heterocycles. The molecule has 0 N–H and O–H groups in total. The van der Waals surface area contributed by atoms with Crippen molar-refractivity contribution in [3.05, 3.63) is 65.2 Å². The first-order valence-corrected chi connectivity index (χ1v) is 11.0. The second-order valence-corrected chi connectivity index (χ2v) is 8.19. The molecule has 0 aromatic heterocycles. The van der Waals surface area contributed by atoms with Gasteiger partial charge in [-0.1, -0.05) is 0 Å². The monoisotopic (exact) mass is 433 g/mol. The zero-order chi connectivity index (χ0) is 22.3. The molecule has 2 aliphatic heterocycles. The molecule has 166 valence electrons. The highest BCUT2D eigenvalue weighted by Gasteiger charge is 2.25. The third-order valence-electron chi connectivity index (χ3n) is 5.95. The molecule has 32 heavy (non-hydrogen) atoms. The van der Waals surface area contributed by atoms with Crippen LogP contribution >= 0.6 is 0 Å². The van der Waals surface area contributed by atoms with Gasteiger partial charge in [0.1, 0.15) is 5.75 Å². The van der Waals surface area contributed by atoms with E-state index < -0.39 is 0 Å². The fourth-order valence-electron chi connectivity index (χ4n) is 4.11. The van der Waals surface area contributed by atoms with E-state index in [0.29, 0.717) is 56.1 Å². The van der Waals surface area contributed by atoms with Crippen molar-refractivity contribution < 1.29 is 19.1 Å². The first-order valence-electron chi connectivity index (χ1n) is 11.0. The quantitative estimate of drug-likeness (QED) is 0.724. The Morgan fingerprint density at radius 2 is 1.56 bits per heavy atom. The summed E-state index contributed by atoms with van der Waals surface area (Å²) in [6, 6.07) is 16.1. The van der Waals surface area contributed by atoms with Gasteiger partial charge in [0.05, 0.1) is 31.5 Å². The molecular weight excluding hydrogens is 406 g/mol. The molecule has 2 aromatic carbocycles. The average Bonchev–Trinajstić information content (AvgIpc) is 2.87. The number of amides is 2. The maximum absolute atomic E-state index is 12.8. The fourth-order valence-corrected chi connectivity index (χ4v) is 4.11. The van der Waals surface area contributed by atoms with E-state index in [0.717, 1.165) is 25.1 Å². The van der Waals surface area contributed by atoms with Crippen molar-refractivity contribution in [2.75, 3.05) is 46.0 Å². The van der Waals surface area contributed by atoms with Crippen molar-refractivity contribution in [1.29, 1.82) is 5.26 Å². The van der Waals surface area contributed by atoms with E-state index in [1.807, 2.05) is 17.0 Å². The number of hydrogen-bond acceptors (Lipinski definition) is 5. The van der Waals surface area contributed by atoms with Crippen LogP contribution in [0.1, 0.15) is 39.1 Å². The van der Waals surface area contributed by atoms with Gasteiger partial charge in [-0.05, 0) is 61.4 Å². The number of benzene rings is 2. The molecule has 1 atom stereocenters. The van der Waals surface area contributed by atoms with Gasteiger partial charge in [0.25, 0.3) is 11.8 Å². The van der Waals surface area contributed by atoms with Gasteiger partial charge in [0.15, 0.2) is 0 Å². The number of hydrogen-bond donors (Lipinski definition) is 0. The van der Waals surface area contributed by atoms with Crippen molar-refractivity contribution in [3.63, 3.8) is 0 Å². The Kier molecular flexibility index (Phi) is 7.03. The minimum absolute atomic E-state index is 0.00910. The number of nitriles is 1. The number of carbonyl (C=O) groups excluding carboxylic acids is 2. The Hall–Kier alpha value is -3.37. The molecule has 2 aromatic rings. The van der Waals surface area contributed by atoms with Gasteiger partial charge in [-0.2, -0.15) is 5.26 Å². The largest absolute Gasteiger partial charge is 0.493 e. The first kappa shape index (κ1) is 21.8.